The lowest BCUT2D eigenvalue weighted by Crippen LogP contribution is -2.14. The molecule has 0 aliphatic carbocycles. The van der Waals surface area contributed by atoms with Crippen molar-refractivity contribution in [3.63, 3.8) is 0 Å². The molecule has 2 nitrogen and oxygen atoms in total. The molecule has 0 aliphatic heterocycles. The molecule has 0 radical (unpaired) electrons. The lowest BCUT2D eigenvalue weighted by molar-refractivity contribution is 0.0428. The van der Waals surface area contributed by atoms with Crippen LogP contribution in [0.3, 0.4) is 0 Å². The van der Waals surface area contributed by atoms with Crippen LogP contribution in [0.4, 0.5) is 0 Å². The summed E-state index contributed by atoms with van der Waals surface area (Å²) < 4.78 is 6.55. The molecule has 1 unspecified atom stereocenters. The summed E-state index contributed by atoms with van der Waals surface area (Å²) in [6, 6.07) is 15.7. The monoisotopic (exact) mass is 388 g/mol. The van der Waals surface area contributed by atoms with Gasteiger partial charge in [-0.2, -0.15) is 0 Å². The van der Waals surface area contributed by atoms with Crippen molar-refractivity contribution in [1.29, 1.82) is 0 Å². The van der Waals surface area contributed by atoms with E-state index in [0.29, 0.717) is 18.1 Å². The summed E-state index contributed by atoms with van der Waals surface area (Å²) in [6.07, 6.45) is 4.55. The Hall–Kier alpha value is -1.61. The summed E-state index contributed by atoms with van der Waals surface area (Å²) in [4.78, 5) is 12.2. The highest BCUT2D eigenvalue weighted by molar-refractivity contribution is 9.10. The van der Waals surface area contributed by atoms with Gasteiger partial charge in [0.15, 0.2) is 0 Å². The Labute approximate surface area is 153 Å². The highest BCUT2D eigenvalue weighted by Crippen LogP contribution is 2.22. The topological polar surface area (TPSA) is 26.3 Å². The van der Waals surface area contributed by atoms with E-state index in [1.165, 1.54) is 12.8 Å². The van der Waals surface area contributed by atoms with Crippen LogP contribution in [0.2, 0.25) is 0 Å². The van der Waals surface area contributed by atoms with Gasteiger partial charge in [0.1, 0.15) is 0 Å². The normalized spacial score (nSPS) is 12.0. The van der Waals surface area contributed by atoms with Crippen molar-refractivity contribution < 1.29 is 9.53 Å². The zero-order valence-electron chi connectivity index (χ0n) is 14.4. The minimum Gasteiger partial charge on any atom is -0.462 e. The van der Waals surface area contributed by atoms with Crippen LogP contribution in [0.25, 0.3) is 11.1 Å². The van der Waals surface area contributed by atoms with Gasteiger partial charge < -0.3 is 4.74 Å². The largest absolute Gasteiger partial charge is 0.462 e. The van der Waals surface area contributed by atoms with Gasteiger partial charge in [-0.05, 0) is 47.7 Å². The Bertz CT molecular complexity index is 632. The van der Waals surface area contributed by atoms with E-state index in [0.717, 1.165) is 28.4 Å². The molecule has 24 heavy (non-hydrogen) atoms. The average Bonchev–Trinajstić information content (AvgIpc) is 2.62. The van der Waals surface area contributed by atoms with Crippen molar-refractivity contribution in [3.05, 3.63) is 58.6 Å². The van der Waals surface area contributed by atoms with Gasteiger partial charge in [0.2, 0.25) is 0 Å². The second-order valence-corrected chi connectivity index (χ2v) is 7.01. The first-order chi connectivity index (χ1) is 11.6. The van der Waals surface area contributed by atoms with Crippen LogP contribution in [-0.2, 0) is 4.74 Å². The third-order valence-electron chi connectivity index (χ3n) is 4.29. The quantitative estimate of drug-likeness (QED) is 0.483. The lowest BCUT2D eigenvalue weighted by atomic mass is 10.0. The predicted molar refractivity (Wildman–Crippen MR) is 103 cm³/mol. The third-order valence-corrected chi connectivity index (χ3v) is 4.82. The molecule has 2 aromatic rings. The van der Waals surface area contributed by atoms with Crippen LogP contribution < -0.4 is 0 Å². The zero-order chi connectivity index (χ0) is 17.4. The van der Waals surface area contributed by atoms with Crippen molar-refractivity contribution in [1.82, 2.24) is 0 Å². The lowest BCUT2D eigenvalue weighted by Gasteiger charge is -2.14. The summed E-state index contributed by atoms with van der Waals surface area (Å²) in [6.45, 7) is 4.86. The van der Waals surface area contributed by atoms with Gasteiger partial charge in [-0.1, -0.05) is 73.3 Å². The fraction of sp³-hybridized carbons (Fsp3) is 0.381. The Morgan fingerprint density at radius 3 is 2.12 bits per heavy atom. The number of carbonyl (C=O) groups is 1. The second-order valence-electron chi connectivity index (χ2n) is 6.10. The maximum Gasteiger partial charge on any atom is 0.338 e. The van der Waals surface area contributed by atoms with E-state index in [2.05, 4.69) is 41.9 Å². The number of rotatable bonds is 8. The SMILES string of the molecule is CCCCC(CC)COC(=O)c1ccc(-c2ccc(Br)cc2)cc1. The highest BCUT2D eigenvalue weighted by Gasteiger charge is 2.12. The Kier molecular flexibility index (Phi) is 7.51. The molecule has 0 aliphatic rings. The number of halogens is 1. The Balaban J connectivity index is 1.94. The summed E-state index contributed by atoms with van der Waals surface area (Å²) >= 11 is 3.44. The summed E-state index contributed by atoms with van der Waals surface area (Å²) in [5, 5.41) is 0. The summed E-state index contributed by atoms with van der Waals surface area (Å²) in [5.41, 5.74) is 2.83. The van der Waals surface area contributed by atoms with Crippen molar-refractivity contribution in [2.45, 2.75) is 39.5 Å². The molecule has 0 saturated heterocycles. The van der Waals surface area contributed by atoms with Crippen LogP contribution in [0, 0.1) is 5.92 Å². The number of hydrogen-bond donors (Lipinski definition) is 0. The molecule has 0 bridgehead atoms. The molecule has 0 heterocycles. The molecule has 0 amide bonds. The maximum absolute atomic E-state index is 12.2. The molecule has 0 saturated carbocycles. The first-order valence-electron chi connectivity index (χ1n) is 8.67. The maximum atomic E-state index is 12.2. The number of esters is 1. The molecule has 2 aromatic carbocycles. The molecular weight excluding hydrogens is 364 g/mol. The van der Waals surface area contributed by atoms with Gasteiger partial charge in [0, 0.05) is 4.47 Å². The van der Waals surface area contributed by atoms with Gasteiger partial charge in [0.05, 0.1) is 12.2 Å². The van der Waals surface area contributed by atoms with Gasteiger partial charge in [-0.3, -0.25) is 0 Å². The van der Waals surface area contributed by atoms with Crippen LogP contribution in [0.15, 0.2) is 53.0 Å². The van der Waals surface area contributed by atoms with Crippen LogP contribution in [-0.4, -0.2) is 12.6 Å². The molecule has 0 N–H and O–H groups in total. The molecule has 3 heteroatoms. The molecule has 0 spiro atoms. The standard InChI is InChI=1S/C21H25BrO2/c1-3-5-6-16(4-2)15-24-21(23)19-9-7-17(8-10-19)18-11-13-20(22)14-12-18/h7-14,16H,3-6,15H2,1-2H3. The van der Waals surface area contributed by atoms with Crippen molar-refractivity contribution in [2.24, 2.45) is 5.92 Å². The highest BCUT2D eigenvalue weighted by atomic mass is 79.9. The van der Waals surface area contributed by atoms with E-state index >= 15 is 0 Å². The van der Waals surface area contributed by atoms with E-state index in [9.17, 15) is 4.79 Å². The second kappa shape index (κ2) is 9.63. The molecular formula is C21H25BrO2. The number of unbranched alkanes of at least 4 members (excludes halogenated alkanes) is 1. The number of hydrogen-bond acceptors (Lipinski definition) is 2. The van der Waals surface area contributed by atoms with Gasteiger partial charge in [-0.15, -0.1) is 0 Å². The number of ether oxygens (including phenoxy) is 1. The van der Waals surface area contributed by atoms with E-state index in [4.69, 9.17) is 4.74 Å². The van der Waals surface area contributed by atoms with Gasteiger partial charge >= 0.3 is 5.97 Å². The summed E-state index contributed by atoms with van der Waals surface area (Å²) in [7, 11) is 0. The van der Waals surface area contributed by atoms with Crippen LogP contribution >= 0.6 is 15.9 Å². The minimum atomic E-state index is -0.229. The van der Waals surface area contributed by atoms with Crippen LogP contribution in [0.1, 0.15) is 49.9 Å². The molecule has 1 atom stereocenters. The molecule has 2 rings (SSSR count). The van der Waals surface area contributed by atoms with Crippen molar-refractivity contribution in [2.75, 3.05) is 6.61 Å². The van der Waals surface area contributed by atoms with E-state index < -0.39 is 0 Å². The molecule has 0 aromatic heterocycles. The molecule has 128 valence electrons. The fourth-order valence-corrected chi connectivity index (χ4v) is 2.88. The third kappa shape index (κ3) is 5.48. The first kappa shape index (κ1) is 18.7. The Morgan fingerprint density at radius 2 is 1.58 bits per heavy atom. The van der Waals surface area contributed by atoms with Crippen molar-refractivity contribution in [3.8, 4) is 11.1 Å². The predicted octanol–water partition coefficient (Wildman–Crippen LogP) is 6.49. The number of benzene rings is 2. The first-order valence-corrected chi connectivity index (χ1v) is 9.46. The van der Waals surface area contributed by atoms with Gasteiger partial charge in [0.25, 0.3) is 0 Å². The summed E-state index contributed by atoms with van der Waals surface area (Å²) in [5.74, 6) is 0.239. The van der Waals surface area contributed by atoms with Gasteiger partial charge in [-0.25, -0.2) is 4.79 Å². The fourth-order valence-electron chi connectivity index (χ4n) is 2.62. The Morgan fingerprint density at radius 1 is 1.00 bits per heavy atom. The zero-order valence-corrected chi connectivity index (χ0v) is 16.0. The molecule has 0 fully saturated rings. The van der Waals surface area contributed by atoms with E-state index in [1.807, 2.05) is 36.4 Å². The van der Waals surface area contributed by atoms with Crippen molar-refractivity contribution >= 4 is 21.9 Å². The van der Waals surface area contributed by atoms with E-state index in [-0.39, 0.29) is 5.97 Å². The minimum absolute atomic E-state index is 0.229. The average molecular weight is 389 g/mol. The van der Waals surface area contributed by atoms with Crippen LogP contribution in [0.5, 0.6) is 0 Å². The smallest absolute Gasteiger partial charge is 0.338 e. The number of carbonyl (C=O) groups excluding carboxylic acids is 1. The van der Waals surface area contributed by atoms with E-state index in [1.54, 1.807) is 0 Å².